The predicted octanol–water partition coefficient (Wildman–Crippen LogP) is 2.01. The molecule has 0 atom stereocenters. The number of rotatable bonds is 7. The van der Waals surface area contributed by atoms with E-state index in [-0.39, 0.29) is 18.3 Å². The fourth-order valence-corrected chi connectivity index (χ4v) is 2.05. The summed E-state index contributed by atoms with van der Waals surface area (Å²) in [6, 6.07) is 10.4. The molecule has 0 saturated carbocycles. The smallest absolute Gasteiger partial charge is 0.236 e. The Kier molecular flexibility index (Phi) is 6.03. The minimum atomic E-state index is -0.256. The van der Waals surface area contributed by atoms with Gasteiger partial charge in [0.05, 0.1) is 6.54 Å². The number of carbonyl (C=O) groups excluding carboxylic acids is 1. The summed E-state index contributed by atoms with van der Waals surface area (Å²) in [5.74, 6) is -0.265. The molecular formula is C17H20FN3O. The highest BCUT2D eigenvalue weighted by molar-refractivity contribution is 5.77. The van der Waals surface area contributed by atoms with Crippen molar-refractivity contribution in [3.63, 3.8) is 0 Å². The first-order valence-corrected chi connectivity index (χ1v) is 7.24. The van der Waals surface area contributed by atoms with E-state index in [2.05, 4.69) is 10.3 Å². The zero-order valence-electron chi connectivity index (χ0n) is 12.6. The summed E-state index contributed by atoms with van der Waals surface area (Å²) in [6.07, 6.45) is 4.28. The van der Waals surface area contributed by atoms with Gasteiger partial charge in [0.25, 0.3) is 0 Å². The summed E-state index contributed by atoms with van der Waals surface area (Å²) in [5, 5.41) is 2.98. The zero-order valence-corrected chi connectivity index (χ0v) is 12.6. The van der Waals surface area contributed by atoms with Crippen molar-refractivity contribution < 1.29 is 9.18 Å². The number of hydrogen-bond acceptors (Lipinski definition) is 3. The summed E-state index contributed by atoms with van der Waals surface area (Å²) in [6.45, 7) is 1.18. The summed E-state index contributed by atoms with van der Waals surface area (Å²) < 4.78 is 13.4. The van der Waals surface area contributed by atoms with Crippen LogP contribution in [-0.4, -0.2) is 35.9 Å². The van der Waals surface area contributed by atoms with E-state index >= 15 is 0 Å². The van der Waals surface area contributed by atoms with E-state index in [1.807, 2.05) is 12.1 Å². The highest BCUT2D eigenvalue weighted by atomic mass is 19.1. The van der Waals surface area contributed by atoms with Gasteiger partial charge in [-0.2, -0.15) is 0 Å². The van der Waals surface area contributed by atoms with E-state index in [0.717, 1.165) is 12.0 Å². The first kappa shape index (κ1) is 16.1. The van der Waals surface area contributed by atoms with Crippen LogP contribution in [0.25, 0.3) is 0 Å². The average Bonchev–Trinajstić information content (AvgIpc) is 2.55. The lowest BCUT2D eigenvalue weighted by atomic mass is 10.2. The largest absolute Gasteiger partial charge is 0.344 e. The van der Waals surface area contributed by atoms with E-state index in [0.29, 0.717) is 18.7 Å². The van der Waals surface area contributed by atoms with Gasteiger partial charge in [-0.05, 0) is 30.2 Å². The molecule has 0 aliphatic heterocycles. The van der Waals surface area contributed by atoms with Gasteiger partial charge in [0, 0.05) is 38.1 Å². The Morgan fingerprint density at radius 3 is 2.68 bits per heavy atom. The van der Waals surface area contributed by atoms with Crippen LogP contribution >= 0.6 is 0 Å². The SMILES string of the molecule is CN(CCc1ccncc1)C(=O)CNCc1ccccc1F. The van der Waals surface area contributed by atoms with Gasteiger partial charge in [-0.15, -0.1) is 0 Å². The number of nitrogens with one attached hydrogen (secondary N) is 1. The molecule has 22 heavy (non-hydrogen) atoms. The van der Waals surface area contributed by atoms with Crippen LogP contribution in [0, 0.1) is 5.82 Å². The molecule has 1 heterocycles. The van der Waals surface area contributed by atoms with Gasteiger partial charge in [0.2, 0.25) is 5.91 Å². The number of benzene rings is 1. The molecule has 0 radical (unpaired) electrons. The number of pyridine rings is 1. The van der Waals surface area contributed by atoms with Crippen LogP contribution in [0.3, 0.4) is 0 Å². The Morgan fingerprint density at radius 2 is 1.95 bits per heavy atom. The number of nitrogens with zero attached hydrogens (tertiary/aromatic N) is 2. The van der Waals surface area contributed by atoms with E-state index in [1.165, 1.54) is 6.07 Å². The Labute approximate surface area is 130 Å². The monoisotopic (exact) mass is 301 g/mol. The molecule has 116 valence electrons. The third-order valence-corrected chi connectivity index (χ3v) is 3.46. The van der Waals surface area contributed by atoms with E-state index in [9.17, 15) is 9.18 Å². The van der Waals surface area contributed by atoms with Crippen LogP contribution in [0.15, 0.2) is 48.8 Å². The lowest BCUT2D eigenvalue weighted by Crippen LogP contribution is -2.36. The molecule has 0 bridgehead atoms. The van der Waals surface area contributed by atoms with Crippen LogP contribution in [-0.2, 0) is 17.8 Å². The van der Waals surface area contributed by atoms with Crippen molar-refractivity contribution in [2.75, 3.05) is 20.1 Å². The quantitative estimate of drug-likeness (QED) is 0.851. The molecule has 1 amide bonds. The molecule has 2 aromatic rings. The maximum atomic E-state index is 13.4. The topological polar surface area (TPSA) is 45.2 Å². The maximum absolute atomic E-state index is 13.4. The van der Waals surface area contributed by atoms with Gasteiger partial charge >= 0.3 is 0 Å². The van der Waals surface area contributed by atoms with E-state index in [1.54, 1.807) is 42.5 Å². The predicted molar refractivity (Wildman–Crippen MR) is 83.7 cm³/mol. The van der Waals surface area contributed by atoms with Crippen LogP contribution in [0.1, 0.15) is 11.1 Å². The van der Waals surface area contributed by atoms with Crippen LogP contribution < -0.4 is 5.32 Å². The van der Waals surface area contributed by atoms with Crippen molar-refractivity contribution in [1.29, 1.82) is 0 Å². The van der Waals surface area contributed by atoms with Crippen molar-refractivity contribution in [2.24, 2.45) is 0 Å². The fraction of sp³-hybridized carbons (Fsp3) is 0.294. The summed E-state index contributed by atoms with van der Waals surface area (Å²) >= 11 is 0. The summed E-state index contributed by atoms with van der Waals surface area (Å²) in [5.41, 5.74) is 1.71. The summed E-state index contributed by atoms with van der Waals surface area (Å²) in [4.78, 5) is 17.6. The van der Waals surface area contributed by atoms with Gasteiger partial charge in [0.15, 0.2) is 0 Å². The minimum absolute atomic E-state index is 0.00889. The molecule has 1 N–H and O–H groups in total. The van der Waals surface area contributed by atoms with Crippen molar-refractivity contribution in [2.45, 2.75) is 13.0 Å². The van der Waals surface area contributed by atoms with Crippen LogP contribution in [0.4, 0.5) is 4.39 Å². The van der Waals surface area contributed by atoms with Gasteiger partial charge in [-0.1, -0.05) is 18.2 Å². The molecular weight excluding hydrogens is 281 g/mol. The number of hydrogen-bond donors (Lipinski definition) is 1. The van der Waals surface area contributed by atoms with Crippen molar-refractivity contribution >= 4 is 5.91 Å². The molecule has 0 aliphatic carbocycles. The second kappa shape index (κ2) is 8.24. The molecule has 2 rings (SSSR count). The number of halogens is 1. The number of aromatic nitrogens is 1. The van der Waals surface area contributed by atoms with E-state index in [4.69, 9.17) is 0 Å². The molecule has 0 spiro atoms. The summed E-state index contributed by atoms with van der Waals surface area (Å²) in [7, 11) is 1.77. The fourth-order valence-electron chi connectivity index (χ4n) is 2.05. The van der Waals surface area contributed by atoms with Gasteiger partial charge in [-0.3, -0.25) is 9.78 Å². The normalized spacial score (nSPS) is 10.5. The van der Waals surface area contributed by atoms with Gasteiger partial charge < -0.3 is 10.2 Å². The molecule has 4 nitrogen and oxygen atoms in total. The lowest BCUT2D eigenvalue weighted by molar-refractivity contribution is -0.128. The van der Waals surface area contributed by atoms with Crippen LogP contribution in [0.2, 0.25) is 0 Å². The minimum Gasteiger partial charge on any atom is -0.344 e. The van der Waals surface area contributed by atoms with Crippen molar-refractivity contribution in [1.82, 2.24) is 15.2 Å². The lowest BCUT2D eigenvalue weighted by Gasteiger charge is -2.17. The molecule has 0 saturated heterocycles. The molecule has 0 unspecified atom stereocenters. The Balaban J connectivity index is 1.71. The maximum Gasteiger partial charge on any atom is 0.236 e. The Morgan fingerprint density at radius 1 is 1.23 bits per heavy atom. The first-order valence-electron chi connectivity index (χ1n) is 7.24. The Bertz CT molecular complexity index is 604. The zero-order chi connectivity index (χ0) is 15.8. The molecule has 5 heteroatoms. The molecule has 0 aliphatic rings. The molecule has 0 fully saturated rings. The molecule has 1 aromatic carbocycles. The highest BCUT2D eigenvalue weighted by Gasteiger charge is 2.08. The number of likely N-dealkylation sites (N-methyl/N-ethyl adjacent to an activating group) is 1. The Hall–Kier alpha value is -2.27. The van der Waals surface area contributed by atoms with Gasteiger partial charge in [-0.25, -0.2) is 4.39 Å². The standard InChI is InChI=1S/C17H20FN3O/c1-21(11-8-14-6-9-19-10-7-14)17(22)13-20-12-15-4-2-3-5-16(15)18/h2-7,9-10,20H,8,11-13H2,1H3. The third-order valence-electron chi connectivity index (χ3n) is 3.46. The van der Waals surface area contributed by atoms with Crippen molar-refractivity contribution in [3.05, 3.63) is 65.7 Å². The van der Waals surface area contributed by atoms with Crippen molar-refractivity contribution in [3.8, 4) is 0 Å². The highest BCUT2D eigenvalue weighted by Crippen LogP contribution is 2.05. The first-order chi connectivity index (χ1) is 10.7. The molecule has 1 aromatic heterocycles. The second-order valence-corrected chi connectivity index (χ2v) is 5.12. The third kappa shape index (κ3) is 4.93. The number of amides is 1. The average molecular weight is 301 g/mol. The number of carbonyl (C=O) groups is 1. The van der Waals surface area contributed by atoms with Gasteiger partial charge in [0.1, 0.15) is 5.82 Å². The van der Waals surface area contributed by atoms with Crippen LogP contribution in [0.5, 0.6) is 0 Å². The van der Waals surface area contributed by atoms with E-state index < -0.39 is 0 Å². The second-order valence-electron chi connectivity index (χ2n) is 5.12.